The molecule has 0 aromatic carbocycles. The lowest BCUT2D eigenvalue weighted by atomic mass is 9.94. The van der Waals surface area contributed by atoms with Gasteiger partial charge in [-0.25, -0.2) is 4.98 Å². The van der Waals surface area contributed by atoms with E-state index in [1.807, 2.05) is 0 Å². The van der Waals surface area contributed by atoms with Crippen LogP contribution >= 0.6 is 22.7 Å². The number of hydrogen-bond acceptors (Lipinski definition) is 5. The second-order valence-electron chi connectivity index (χ2n) is 5.56. The highest BCUT2D eigenvalue weighted by atomic mass is 32.1. The molecule has 3 nitrogen and oxygen atoms in total. The summed E-state index contributed by atoms with van der Waals surface area (Å²) in [6.07, 6.45) is 2.32. The summed E-state index contributed by atoms with van der Waals surface area (Å²) >= 11 is 3.43. The number of hydrogen-bond donors (Lipinski definition) is 1. The van der Waals surface area contributed by atoms with Crippen molar-refractivity contribution in [1.29, 1.82) is 0 Å². The molecule has 1 aliphatic rings. The maximum atomic E-state index is 9.35. The van der Waals surface area contributed by atoms with E-state index < -0.39 is 0 Å². The molecule has 1 saturated heterocycles. The Bertz CT molecular complexity index is 538. The number of piperidine rings is 1. The summed E-state index contributed by atoms with van der Waals surface area (Å²) in [5.74, 6) is 0.432. The topological polar surface area (TPSA) is 36.4 Å². The molecule has 0 spiro atoms. The largest absolute Gasteiger partial charge is 0.396 e. The number of nitrogens with zero attached hydrogens (tertiary/aromatic N) is 2. The van der Waals surface area contributed by atoms with Crippen LogP contribution in [0, 0.1) is 5.92 Å². The first kappa shape index (κ1) is 14.2. The molecule has 0 bridgehead atoms. The first-order valence-electron chi connectivity index (χ1n) is 7.08. The summed E-state index contributed by atoms with van der Waals surface area (Å²) in [5.41, 5.74) is 2.38. The fraction of sp³-hybridized carbons (Fsp3) is 0.533. The maximum Gasteiger partial charge on any atom is 0.124 e. The molecule has 0 radical (unpaired) electrons. The quantitative estimate of drug-likeness (QED) is 0.939. The van der Waals surface area contributed by atoms with Crippen LogP contribution in [0.5, 0.6) is 0 Å². The molecule has 3 rings (SSSR count). The Hall–Kier alpha value is -0.750. The number of aliphatic hydroxyl groups excluding tert-OH is 1. The van der Waals surface area contributed by atoms with Crippen LogP contribution in [-0.2, 0) is 6.54 Å². The van der Waals surface area contributed by atoms with Gasteiger partial charge < -0.3 is 5.11 Å². The normalized spacial score (nSPS) is 24.1. The average molecular weight is 308 g/mol. The molecule has 3 heterocycles. The first-order chi connectivity index (χ1) is 9.76. The van der Waals surface area contributed by atoms with Gasteiger partial charge in [0.25, 0.3) is 0 Å². The smallest absolute Gasteiger partial charge is 0.124 e. The number of thiazole rings is 1. The lowest BCUT2D eigenvalue weighted by Gasteiger charge is -2.36. The van der Waals surface area contributed by atoms with Gasteiger partial charge in [-0.1, -0.05) is 0 Å². The van der Waals surface area contributed by atoms with Gasteiger partial charge in [-0.3, -0.25) is 4.90 Å². The molecule has 1 N–H and O–H groups in total. The maximum absolute atomic E-state index is 9.35. The highest BCUT2D eigenvalue weighted by Crippen LogP contribution is 2.28. The highest BCUT2D eigenvalue weighted by molar-refractivity contribution is 7.14. The molecule has 108 valence electrons. The summed E-state index contributed by atoms with van der Waals surface area (Å²) in [6.45, 7) is 4.47. The van der Waals surface area contributed by atoms with E-state index in [-0.39, 0.29) is 0 Å². The number of aliphatic hydroxyl groups is 1. The monoisotopic (exact) mass is 308 g/mol. The molecule has 0 aliphatic carbocycles. The van der Waals surface area contributed by atoms with Gasteiger partial charge in [-0.05, 0) is 37.1 Å². The second-order valence-corrected chi connectivity index (χ2v) is 7.20. The van der Waals surface area contributed by atoms with Gasteiger partial charge in [0.15, 0.2) is 0 Å². The van der Waals surface area contributed by atoms with Crippen molar-refractivity contribution in [2.75, 3.05) is 13.2 Å². The Morgan fingerprint density at radius 3 is 3.05 bits per heavy atom. The molecule has 5 heteroatoms. The van der Waals surface area contributed by atoms with Crippen LogP contribution < -0.4 is 0 Å². The molecular formula is C15H20N2OS2. The molecule has 0 saturated carbocycles. The zero-order valence-electron chi connectivity index (χ0n) is 11.7. The highest BCUT2D eigenvalue weighted by Gasteiger charge is 2.25. The van der Waals surface area contributed by atoms with Crippen LogP contribution in [0.2, 0.25) is 0 Å². The average Bonchev–Trinajstić information content (AvgIpc) is 3.12. The van der Waals surface area contributed by atoms with Crippen molar-refractivity contribution in [2.45, 2.75) is 32.4 Å². The Labute approximate surface area is 127 Å². The van der Waals surface area contributed by atoms with Gasteiger partial charge in [0.1, 0.15) is 5.01 Å². The Morgan fingerprint density at radius 2 is 2.30 bits per heavy atom. The van der Waals surface area contributed by atoms with E-state index in [1.165, 1.54) is 12.0 Å². The van der Waals surface area contributed by atoms with Gasteiger partial charge in [0, 0.05) is 42.1 Å². The minimum atomic E-state index is 0.306. The molecular weight excluding hydrogens is 288 g/mol. The van der Waals surface area contributed by atoms with Gasteiger partial charge in [-0.15, -0.1) is 11.3 Å². The molecule has 1 aliphatic heterocycles. The van der Waals surface area contributed by atoms with Crippen molar-refractivity contribution in [3.8, 4) is 10.6 Å². The van der Waals surface area contributed by atoms with Crippen LogP contribution in [-0.4, -0.2) is 34.2 Å². The molecule has 0 amide bonds. The van der Waals surface area contributed by atoms with E-state index >= 15 is 0 Å². The number of rotatable bonds is 4. The summed E-state index contributed by atoms with van der Waals surface area (Å²) in [6, 6.07) is 2.71. The standard InChI is InChI=1S/C15H20N2OS2/c1-11-2-3-12(8-18)6-17(11)7-14-10-20-15(16-14)13-4-5-19-9-13/h4-5,9-12,18H,2-3,6-8H2,1H3. The lowest BCUT2D eigenvalue weighted by molar-refractivity contribution is 0.0763. The summed E-state index contributed by atoms with van der Waals surface area (Å²) in [7, 11) is 0. The summed E-state index contributed by atoms with van der Waals surface area (Å²) in [5, 5.41) is 16.9. The van der Waals surface area contributed by atoms with Crippen molar-refractivity contribution in [1.82, 2.24) is 9.88 Å². The van der Waals surface area contributed by atoms with Crippen LogP contribution in [0.15, 0.2) is 22.2 Å². The van der Waals surface area contributed by atoms with Gasteiger partial charge in [-0.2, -0.15) is 11.3 Å². The van der Waals surface area contributed by atoms with Crippen molar-refractivity contribution < 1.29 is 5.11 Å². The van der Waals surface area contributed by atoms with Crippen molar-refractivity contribution in [3.05, 3.63) is 27.9 Å². The number of aromatic nitrogens is 1. The van der Waals surface area contributed by atoms with Gasteiger partial charge in [0.2, 0.25) is 0 Å². The summed E-state index contributed by atoms with van der Waals surface area (Å²) in [4.78, 5) is 7.21. The van der Waals surface area contributed by atoms with Crippen LogP contribution in [0.1, 0.15) is 25.5 Å². The Morgan fingerprint density at radius 1 is 1.40 bits per heavy atom. The van der Waals surface area contributed by atoms with Gasteiger partial charge in [0.05, 0.1) is 5.69 Å². The number of likely N-dealkylation sites (tertiary alicyclic amines) is 1. The first-order valence-corrected chi connectivity index (χ1v) is 8.90. The molecule has 2 unspecified atom stereocenters. The van der Waals surface area contributed by atoms with E-state index in [1.54, 1.807) is 22.7 Å². The molecule has 20 heavy (non-hydrogen) atoms. The van der Waals surface area contributed by atoms with E-state index in [4.69, 9.17) is 4.98 Å². The van der Waals surface area contributed by atoms with Gasteiger partial charge >= 0.3 is 0 Å². The second kappa shape index (κ2) is 6.35. The molecule has 2 aromatic heterocycles. The van der Waals surface area contributed by atoms with Crippen LogP contribution in [0.25, 0.3) is 10.6 Å². The zero-order chi connectivity index (χ0) is 13.9. The fourth-order valence-corrected chi connectivity index (χ4v) is 4.26. The Balaban J connectivity index is 1.68. The van der Waals surface area contributed by atoms with E-state index in [2.05, 4.69) is 34.0 Å². The number of thiophene rings is 1. The Kier molecular flexibility index (Phi) is 4.51. The van der Waals surface area contributed by atoms with Crippen molar-refractivity contribution >= 4 is 22.7 Å². The third-order valence-electron chi connectivity index (χ3n) is 4.05. The predicted octanol–water partition coefficient (Wildman–Crippen LogP) is 3.46. The van der Waals surface area contributed by atoms with Crippen molar-refractivity contribution in [2.24, 2.45) is 5.92 Å². The fourth-order valence-electron chi connectivity index (χ4n) is 2.74. The van der Waals surface area contributed by atoms with Crippen LogP contribution in [0.4, 0.5) is 0 Å². The molecule has 2 atom stereocenters. The predicted molar refractivity (Wildman–Crippen MR) is 85.1 cm³/mol. The third kappa shape index (κ3) is 3.11. The third-order valence-corrected chi connectivity index (χ3v) is 5.68. The molecule has 1 fully saturated rings. The van der Waals surface area contributed by atoms with E-state index in [9.17, 15) is 5.11 Å². The lowest BCUT2D eigenvalue weighted by Crippen LogP contribution is -2.42. The van der Waals surface area contributed by atoms with E-state index in [0.717, 1.165) is 30.2 Å². The van der Waals surface area contributed by atoms with Crippen LogP contribution in [0.3, 0.4) is 0 Å². The summed E-state index contributed by atoms with van der Waals surface area (Å²) < 4.78 is 0. The minimum Gasteiger partial charge on any atom is -0.396 e. The SMILES string of the molecule is CC1CCC(CO)CN1Cc1csc(-c2ccsc2)n1. The zero-order valence-corrected chi connectivity index (χ0v) is 13.3. The van der Waals surface area contributed by atoms with Crippen molar-refractivity contribution in [3.63, 3.8) is 0 Å². The minimum absolute atomic E-state index is 0.306. The van der Waals surface area contributed by atoms with E-state index in [0.29, 0.717) is 18.6 Å². The molecule has 2 aromatic rings.